The number of rotatable bonds is 4. The van der Waals surface area contributed by atoms with E-state index in [1.54, 1.807) is 13.1 Å². The van der Waals surface area contributed by atoms with Crippen molar-refractivity contribution in [1.29, 1.82) is 0 Å². The summed E-state index contributed by atoms with van der Waals surface area (Å²) in [5.74, 6) is -0.321. The maximum Gasteiger partial charge on any atom is 0.254 e. The molecule has 2 rings (SSSR count). The van der Waals surface area contributed by atoms with E-state index >= 15 is 0 Å². The molecule has 1 heterocycles. The monoisotopic (exact) mass is 248 g/mol. The fourth-order valence-electron chi connectivity index (χ4n) is 1.73. The van der Waals surface area contributed by atoms with Crippen LogP contribution in [0.25, 0.3) is 10.9 Å². The minimum atomic E-state index is -1.02. The van der Waals surface area contributed by atoms with Crippen LogP contribution < -0.4 is 5.32 Å². The molecular weight excluding hydrogens is 232 g/mol. The summed E-state index contributed by atoms with van der Waals surface area (Å²) in [5, 5.41) is 21.8. The molecule has 0 unspecified atom stereocenters. The lowest BCUT2D eigenvalue weighted by Gasteiger charge is -2.25. The number of aromatic nitrogens is 1. The van der Waals surface area contributed by atoms with Gasteiger partial charge in [-0.25, -0.2) is 0 Å². The van der Waals surface area contributed by atoms with Gasteiger partial charge >= 0.3 is 0 Å². The normalized spacial score (nSPS) is 11.7. The largest absolute Gasteiger partial charge is 0.394 e. The van der Waals surface area contributed by atoms with Gasteiger partial charge in [0.15, 0.2) is 0 Å². The van der Waals surface area contributed by atoms with Gasteiger partial charge in [0.2, 0.25) is 0 Å². The Balaban J connectivity index is 2.29. The summed E-state index contributed by atoms with van der Waals surface area (Å²) in [5.41, 5.74) is 0.353. The first-order chi connectivity index (χ1) is 8.59. The number of hydrogen-bond donors (Lipinski definition) is 4. The van der Waals surface area contributed by atoms with Gasteiger partial charge < -0.3 is 20.5 Å². The van der Waals surface area contributed by atoms with E-state index < -0.39 is 5.54 Å². The van der Waals surface area contributed by atoms with Gasteiger partial charge in [0.05, 0.1) is 24.3 Å². The Morgan fingerprint density at radius 2 is 2.00 bits per heavy atom. The van der Waals surface area contributed by atoms with Crippen molar-refractivity contribution < 1.29 is 15.0 Å². The first-order valence-corrected chi connectivity index (χ1v) is 5.70. The quantitative estimate of drug-likeness (QED) is 0.640. The molecule has 1 aromatic carbocycles. The van der Waals surface area contributed by atoms with Crippen LogP contribution in [0, 0.1) is 0 Å². The summed E-state index contributed by atoms with van der Waals surface area (Å²) >= 11 is 0. The van der Waals surface area contributed by atoms with Crippen LogP contribution >= 0.6 is 0 Å². The summed E-state index contributed by atoms with van der Waals surface area (Å²) in [6, 6.07) is 7.45. The van der Waals surface area contributed by atoms with Crippen molar-refractivity contribution in [2.45, 2.75) is 12.5 Å². The maximum atomic E-state index is 12.1. The molecule has 0 saturated carbocycles. The maximum absolute atomic E-state index is 12.1. The molecule has 0 fully saturated rings. The van der Waals surface area contributed by atoms with Crippen LogP contribution in [0.1, 0.15) is 17.3 Å². The third-order valence-corrected chi connectivity index (χ3v) is 2.95. The number of nitrogens with one attached hydrogen (secondary N) is 2. The number of hydrogen-bond acceptors (Lipinski definition) is 3. The summed E-state index contributed by atoms with van der Waals surface area (Å²) in [6.45, 7) is 0.939. The van der Waals surface area contributed by atoms with Crippen molar-refractivity contribution in [3.8, 4) is 0 Å². The van der Waals surface area contributed by atoms with Crippen molar-refractivity contribution in [1.82, 2.24) is 10.3 Å². The molecular formula is C13H16N2O3. The minimum Gasteiger partial charge on any atom is -0.394 e. The molecule has 0 atom stereocenters. The predicted octanol–water partition coefficient (Wildman–Crippen LogP) is 0.641. The number of amides is 1. The molecule has 0 bridgehead atoms. The van der Waals surface area contributed by atoms with Crippen LogP contribution in [0.15, 0.2) is 30.5 Å². The molecule has 5 nitrogen and oxygen atoms in total. The molecule has 2 aromatic rings. The molecule has 1 aromatic heterocycles. The zero-order valence-corrected chi connectivity index (χ0v) is 10.1. The highest BCUT2D eigenvalue weighted by molar-refractivity contribution is 6.06. The summed E-state index contributed by atoms with van der Waals surface area (Å²) < 4.78 is 0. The molecule has 0 aliphatic carbocycles. The molecule has 96 valence electrons. The van der Waals surface area contributed by atoms with E-state index in [1.165, 1.54) is 0 Å². The van der Waals surface area contributed by atoms with Crippen LogP contribution in [0.5, 0.6) is 0 Å². The lowest BCUT2D eigenvalue weighted by Crippen LogP contribution is -2.51. The van der Waals surface area contributed by atoms with Crippen molar-refractivity contribution in [3.63, 3.8) is 0 Å². The van der Waals surface area contributed by atoms with Crippen LogP contribution in [-0.4, -0.2) is 39.9 Å². The molecule has 0 saturated heterocycles. The number of aliphatic hydroxyl groups is 2. The Labute approximate surface area is 104 Å². The fourth-order valence-corrected chi connectivity index (χ4v) is 1.73. The van der Waals surface area contributed by atoms with Crippen LogP contribution in [-0.2, 0) is 0 Å². The predicted molar refractivity (Wildman–Crippen MR) is 68.3 cm³/mol. The van der Waals surface area contributed by atoms with E-state index in [4.69, 9.17) is 10.2 Å². The molecule has 5 heteroatoms. The van der Waals surface area contributed by atoms with E-state index in [2.05, 4.69) is 10.3 Å². The third kappa shape index (κ3) is 2.23. The first kappa shape index (κ1) is 12.6. The standard InChI is InChI=1S/C13H16N2O3/c1-13(7-16,8-17)15-12(18)10-6-14-11-5-3-2-4-9(10)11/h2-6,14,16-17H,7-8H2,1H3,(H,15,18). The SMILES string of the molecule is CC(CO)(CO)NC(=O)c1c[nH]c2ccccc12. The van der Waals surface area contributed by atoms with Gasteiger partial charge in [-0.05, 0) is 13.0 Å². The van der Waals surface area contributed by atoms with Crippen molar-refractivity contribution in [2.24, 2.45) is 0 Å². The average Bonchev–Trinajstić information content (AvgIpc) is 2.82. The summed E-state index contributed by atoms with van der Waals surface area (Å²) in [6.07, 6.45) is 1.62. The molecule has 4 N–H and O–H groups in total. The van der Waals surface area contributed by atoms with E-state index in [0.29, 0.717) is 5.56 Å². The highest BCUT2D eigenvalue weighted by Gasteiger charge is 2.26. The van der Waals surface area contributed by atoms with Crippen LogP contribution in [0.2, 0.25) is 0 Å². The molecule has 0 spiro atoms. The zero-order chi connectivity index (χ0) is 13.2. The van der Waals surface area contributed by atoms with E-state index in [9.17, 15) is 4.79 Å². The van der Waals surface area contributed by atoms with Crippen molar-refractivity contribution in [2.75, 3.05) is 13.2 Å². The number of carbonyl (C=O) groups excluding carboxylic acids is 1. The van der Waals surface area contributed by atoms with Gasteiger partial charge in [0, 0.05) is 17.1 Å². The first-order valence-electron chi connectivity index (χ1n) is 5.70. The second-order valence-corrected chi connectivity index (χ2v) is 4.58. The number of aliphatic hydroxyl groups excluding tert-OH is 2. The topological polar surface area (TPSA) is 85.3 Å². The lowest BCUT2D eigenvalue weighted by atomic mass is 10.0. The molecule has 0 aliphatic heterocycles. The Kier molecular flexibility index (Phi) is 3.36. The van der Waals surface area contributed by atoms with Gasteiger partial charge in [0.1, 0.15) is 0 Å². The fraction of sp³-hybridized carbons (Fsp3) is 0.308. The van der Waals surface area contributed by atoms with Crippen molar-refractivity contribution in [3.05, 3.63) is 36.0 Å². The Morgan fingerprint density at radius 1 is 1.33 bits per heavy atom. The number of H-pyrrole nitrogens is 1. The second kappa shape index (κ2) is 4.80. The number of benzene rings is 1. The van der Waals surface area contributed by atoms with Gasteiger partial charge in [0.25, 0.3) is 5.91 Å². The van der Waals surface area contributed by atoms with Crippen molar-refractivity contribution >= 4 is 16.8 Å². The van der Waals surface area contributed by atoms with E-state index in [1.807, 2.05) is 24.3 Å². The van der Waals surface area contributed by atoms with Gasteiger partial charge in [-0.1, -0.05) is 18.2 Å². The lowest BCUT2D eigenvalue weighted by molar-refractivity contribution is 0.0725. The highest BCUT2D eigenvalue weighted by Crippen LogP contribution is 2.18. The number of aromatic amines is 1. The molecule has 0 aliphatic rings. The number of carbonyl (C=O) groups is 1. The Morgan fingerprint density at radius 3 is 2.67 bits per heavy atom. The summed E-state index contributed by atoms with van der Waals surface area (Å²) in [7, 11) is 0. The Bertz CT molecular complexity index is 558. The minimum absolute atomic E-state index is 0.321. The van der Waals surface area contributed by atoms with E-state index in [-0.39, 0.29) is 19.1 Å². The summed E-state index contributed by atoms with van der Waals surface area (Å²) in [4.78, 5) is 15.1. The van der Waals surface area contributed by atoms with Gasteiger partial charge in [-0.2, -0.15) is 0 Å². The molecule has 0 radical (unpaired) electrons. The zero-order valence-electron chi connectivity index (χ0n) is 10.1. The Hall–Kier alpha value is -1.85. The van der Waals surface area contributed by atoms with Gasteiger partial charge in [-0.15, -0.1) is 0 Å². The van der Waals surface area contributed by atoms with Gasteiger partial charge in [-0.3, -0.25) is 4.79 Å². The van der Waals surface area contributed by atoms with Crippen LogP contribution in [0.4, 0.5) is 0 Å². The number of fused-ring (bicyclic) bond motifs is 1. The smallest absolute Gasteiger partial charge is 0.254 e. The van der Waals surface area contributed by atoms with E-state index in [0.717, 1.165) is 10.9 Å². The highest BCUT2D eigenvalue weighted by atomic mass is 16.3. The third-order valence-electron chi connectivity index (χ3n) is 2.95. The number of para-hydroxylation sites is 1. The van der Waals surface area contributed by atoms with Crippen LogP contribution in [0.3, 0.4) is 0 Å². The molecule has 1 amide bonds. The molecule has 18 heavy (non-hydrogen) atoms. The average molecular weight is 248 g/mol. The second-order valence-electron chi connectivity index (χ2n) is 4.58.